The fraction of sp³-hybridized carbons (Fsp3) is 0.200. The van der Waals surface area contributed by atoms with Gasteiger partial charge in [-0.05, 0) is 36.2 Å². The monoisotopic (exact) mass is 288 g/mol. The lowest BCUT2D eigenvalue weighted by Crippen LogP contribution is -2.14. The van der Waals surface area contributed by atoms with Crippen LogP contribution >= 0.6 is 0 Å². The Morgan fingerprint density at radius 1 is 1.30 bits per heavy atom. The minimum Gasteiger partial charge on any atom is -0.306 e. The maximum Gasteiger partial charge on any atom is 0.256 e. The van der Waals surface area contributed by atoms with Gasteiger partial charge in [-0.1, -0.05) is 18.2 Å². The normalized spacial score (nSPS) is 11.9. The minimum atomic E-state index is -0.924. The summed E-state index contributed by atoms with van der Waals surface area (Å²) in [5, 5.41) is 2.78. The number of pyridine rings is 1. The smallest absolute Gasteiger partial charge is 0.256 e. The van der Waals surface area contributed by atoms with Gasteiger partial charge >= 0.3 is 0 Å². The molecule has 1 atom stereocenters. The highest BCUT2D eigenvalue weighted by Gasteiger charge is 2.09. The van der Waals surface area contributed by atoms with Crippen molar-refractivity contribution in [2.75, 3.05) is 11.6 Å². The molecule has 0 saturated carbocycles. The molecule has 0 aliphatic carbocycles. The van der Waals surface area contributed by atoms with Crippen molar-refractivity contribution in [3.05, 3.63) is 59.3 Å². The number of benzene rings is 1. The maximum absolute atomic E-state index is 12.2. The predicted molar refractivity (Wildman–Crippen MR) is 81.1 cm³/mol. The first kappa shape index (κ1) is 14.4. The van der Waals surface area contributed by atoms with E-state index in [1.807, 2.05) is 25.1 Å². The molecule has 1 amide bonds. The Kier molecular flexibility index (Phi) is 4.63. The number of rotatable bonds is 4. The van der Waals surface area contributed by atoms with Crippen molar-refractivity contribution in [3.8, 4) is 0 Å². The third-order valence-corrected chi connectivity index (χ3v) is 3.54. The molecule has 0 radical (unpaired) electrons. The van der Waals surface area contributed by atoms with E-state index >= 15 is 0 Å². The van der Waals surface area contributed by atoms with E-state index < -0.39 is 10.8 Å². The fourth-order valence-electron chi connectivity index (χ4n) is 1.83. The summed E-state index contributed by atoms with van der Waals surface area (Å²) in [6, 6.07) is 10.9. The maximum atomic E-state index is 12.2. The molecule has 0 saturated heterocycles. The lowest BCUT2D eigenvalue weighted by Gasteiger charge is -2.08. The van der Waals surface area contributed by atoms with Gasteiger partial charge in [-0.3, -0.25) is 9.00 Å². The van der Waals surface area contributed by atoms with Crippen LogP contribution in [0.4, 0.5) is 5.82 Å². The summed E-state index contributed by atoms with van der Waals surface area (Å²) in [7, 11) is -0.924. The quantitative estimate of drug-likeness (QED) is 0.940. The Balaban J connectivity index is 2.17. The van der Waals surface area contributed by atoms with Gasteiger partial charge in [0.15, 0.2) is 0 Å². The lowest BCUT2D eigenvalue weighted by atomic mass is 10.1. The van der Waals surface area contributed by atoms with Crippen LogP contribution in [-0.4, -0.2) is 21.4 Å². The van der Waals surface area contributed by atoms with Gasteiger partial charge in [-0.2, -0.15) is 0 Å². The van der Waals surface area contributed by atoms with E-state index in [2.05, 4.69) is 10.3 Å². The summed E-state index contributed by atoms with van der Waals surface area (Å²) in [6.45, 7) is 1.89. The lowest BCUT2D eigenvalue weighted by molar-refractivity contribution is 0.102. The topological polar surface area (TPSA) is 59.1 Å². The third-order valence-electron chi connectivity index (χ3n) is 2.80. The number of carbonyl (C=O) groups excluding carboxylic acids is 1. The molecular formula is C15H16N2O2S. The zero-order chi connectivity index (χ0) is 14.5. The van der Waals surface area contributed by atoms with Gasteiger partial charge < -0.3 is 5.32 Å². The highest BCUT2D eigenvalue weighted by atomic mass is 32.2. The number of aromatic nitrogens is 1. The SMILES string of the molecule is Cc1cccnc1NC(=O)c1cccc(CS(C)=O)c1. The van der Waals surface area contributed by atoms with E-state index in [4.69, 9.17) is 0 Å². The third kappa shape index (κ3) is 3.74. The summed E-state index contributed by atoms with van der Waals surface area (Å²) < 4.78 is 11.2. The second-order valence-corrected chi connectivity index (χ2v) is 5.98. The first-order valence-corrected chi connectivity index (χ1v) is 7.91. The molecule has 0 aliphatic heterocycles. The summed E-state index contributed by atoms with van der Waals surface area (Å²) in [6.07, 6.45) is 3.28. The van der Waals surface area contributed by atoms with Gasteiger partial charge in [0.2, 0.25) is 0 Å². The van der Waals surface area contributed by atoms with Gasteiger partial charge in [0.1, 0.15) is 5.82 Å². The van der Waals surface area contributed by atoms with Crippen LogP contribution in [-0.2, 0) is 16.6 Å². The van der Waals surface area contributed by atoms with Crippen molar-refractivity contribution in [1.29, 1.82) is 0 Å². The molecule has 0 fully saturated rings. The molecule has 1 N–H and O–H groups in total. The molecule has 0 spiro atoms. The molecule has 104 valence electrons. The molecule has 2 aromatic rings. The van der Waals surface area contributed by atoms with Gasteiger partial charge in [0, 0.05) is 34.6 Å². The standard InChI is InChI=1S/C15H16N2O2S/c1-11-5-4-8-16-14(11)17-15(18)13-7-3-6-12(9-13)10-20(2)19/h3-9H,10H2,1-2H3,(H,16,17,18). The number of aryl methyl sites for hydroxylation is 1. The van der Waals surface area contributed by atoms with Crippen molar-refractivity contribution in [2.24, 2.45) is 0 Å². The van der Waals surface area contributed by atoms with E-state index in [0.717, 1.165) is 11.1 Å². The van der Waals surface area contributed by atoms with E-state index in [9.17, 15) is 9.00 Å². The Morgan fingerprint density at radius 3 is 2.80 bits per heavy atom. The number of anilines is 1. The van der Waals surface area contributed by atoms with Crippen LogP contribution in [0.25, 0.3) is 0 Å². The molecule has 20 heavy (non-hydrogen) atoms. The Bertz CT molecular complexity index is 656. The average molecular weight is 288 g/mol. The molecule has 1 aromatic heterocycles. The van der Waals surface area contributed by atoms with Crippen molar-refractivity contribution in [3.63, 3.8) is 0 Å². The Morgan fingerprint density at radius 2 is 2.10 bits per heavy atom. The molecule has 5 heteroatoms. The summed E-state index contributed by atoms with van der Waals surface area (Å²) >= 11 is 0. The highest BCUT2D eigenvalue weighted by Crippen LogP contribution is 2.13. The van der Waals surface area contributed by atoms with Crippen molar-refractivity contribution in [1.82, 2.24) is 4.98 Å². The highest BCUT2D eigenvalue weighted by molar-refractivity contribution is 7.83. The zero-order valence-electron chi connectivity index (χ0n) is 11.4. The van der Waals surface area contributed by atoms with E-state index in [1.165, 1.54) is 0 Å². The van der Waals surface area contributed by atoms with Crippen molar-refractivity contribution in [2.45, 2.75) is 12.7 Å². The number of nitrogens with one attached hydrogen (secondary N) is 1. The molecule has 1 aromatic carbocycles. The van der Waals surface area contributed by atoms with Crippen LogP contribution in [0, 0.1) is 6.92 Å². The van der Waals surface area contributed by atoms with Gasteiger partial charge in [-0.25, -0.2) is 4.98 Å². The van der Waals surface area contributed by atoms with Crippen molar-refractivity contribution < 1.29 is 9.00 Å². The number of carbonyl (C=O) groups is 1. The minimum absolute atomic E-state index is 0.212. The molecule has 0 aliphatic rings. The molecule has 2 rings (SSSR count). The van der Waals surface area contributed by atoms with Gasteiger partial charge in [-0.15, -0.1) is 0 Å². The molecule has 1 heterocycles. The van der Waals surface area contributed by atoms with Crippen LogP contribution < -0.4 is 5.32 Å². The largest absolute Gasteiger partial charge is 0.306 e. The molecule has 0 bridgehead atoms. The van der Waals surface area contributed by atoms with Crippen LogP contribution in [0.5, 0.6) is 0 Å². The van der Waals surface area contributed by atoms with Gasteiger partial charge in [0.25, 0.3) is 5.91 Å². The Labute approximate surface area is 120 Å². The average Bonchev–Trinajstić information content (AvgIpc) is 2.41. The second kappa shape index (κ2) is 6.43. The Hall–Kier alpha value is -2.01. The predicted octanol–water partition coefficient (Wildman–Crippen LogP) is 2.52. The number of amides is 1. The summed E-state index contributed by atoms with van der Waals surface area (Å²) in [5.41, 5.74) is 2.33. The molecular weight excluding hydrogens is 272 g/mol. The number of hydrogen-bond donors (Lipinski definition) is 1. The summed E-state index contributed by atoms with van der Waals surface area (Å²) in [5.74, 6) is 0.793. The number of hydrogen-bond acceptors (Lipinski definition) is 3. The first-order chi connectivity index (χ1) is 9.56. The fourth-order valence-corrected chi connectivity index (χ4v) is 2.48. The molecule has 4 nitrogen and oxygen atoms in total. The number of nitrogens with zero attached hydrogens (tertiary/aromatic N) is 1. The van der Waals surface area contributed by atoms with Crippen LogP contribution in [0.1, 0.15) is 21.5 Å². The van der Waals surface area contributed by atoms with Crippen molar-refractivity contribution >= 4 is 22.5 Å². The van der Waals surface area contributed by atoms with Crippen LogP contribution in [0.3, 0.4) is 0 Å². The molecule has 1 unspecified atom stereocenters. The second-order valence-electron chi connectivity index (χ2n) is 4.54. The van der Waals surface area contributed by atoms with E-state index in [-0.39, 0.29) is 5.91 Å². The van der Waals surface area contributed by atoms with Gasteiger partial charge in [0.05, 0.1) is 0 Å². The van der Waals surface area contributed by atoms with E-state index in [0.29, 0.717) is 17.1 Å². The zero-order valence-corrected chi connectivity index (χ0v) is 12.2. The summed E-state index contributed by atoms with van der Waals surface area (Å²) in [4.78, 5) is 16.3. The first-order valence-electron chi connectivity index (χ1n) is 6.18. The van der Waals surface area contributed by atoms with Crippen LogP contribution in [0.2, 0.25) is 0 Å². The van der Waals surface area contributed by atoms with Crippen LogP contribution in [0.15, 0.2) is 42.6 Å². The van der Waals surface area contributed by atoms with E-state index in [1.54, 1.807) is 30.7 Å².